The molecule has 1 aromatic carbocycles. The predicted molar refractivity (Wildman–Crippen MR) is 77.5 cm³/mol. The molecule has 108 valence electrons. The second-order valence-corrected chi connectivity index (χ2v) is 7.15. The van der Waals surface area contributed by atoms with E-state index in [4.69, 9.17) is 4.74 Å². The fraction of sp³-hybridized carbons (Fsp3) is 0.571. The van der Waals surface area contributed by atoms with Crippen LogP contribution in [0.15, 0.2) is 30.3 Å². The summed E-state index contributed by atoms with van der Waals surface area (Å²) in [5, 5.41) is -0.449. The molecular weight excluding hydrogens is 262 g/mol. The van der Waals surface area contributed by atoms with E-state index in [1.807, 2.05) is 37.3 Å². The third kappa shape index (κ3) is 3.78. The van der Waals surface area contributed by atoms with Crippen molar-refractivity contribution < 1.29 is 13.2 Å². The maximum absolute atomic E-state index is 11.9. The summed E-state index contributed by atoms with van der Waals surface area (Å²) in [6.07, 6.45) is 0.689. The molecule has 1 atom stereocenters. The number of hydrogen-bond acceptors (Lipinski definition) is 3. The average Bonchev–Trinajstić information content (AvgIpc) is 2.41. The van der Waals surface area contributed by atoms with E-state index >= 15 is 0 Å². The van der Waals surface area contributed by atoms with Crippen molar-refractivity contribution in [2.75, 3.05) is 13.7 Å². The van der Waals surface area contributed by atoms with E-state index in [0.29, 0.717) is 6.42 Å². The van der Waals surface area contributed by atoms with Gasteiger partial charge in [-0.2, -0.15) is 0 Å². The predicted octanol–water partition coefficient (Wildman–Crippen LogP) is 2.27. The minimum atomic E-state index is -3.29. The van der Waals surface area contributed by atoms with Crippen LogP contribution in [0.3, 0.4) is 0 Å². The average molecular weight is 285 g/mol. The third-order valence-corrected chi connectivity index (χ3v) is 5.23. The number of ether oxygens (including phenoxy) is 1. The van der Waals surface area contributed by atoms with Crippen molar-refractivity contribution in [1.29, 1.82) is 0 Å². The Balaban J connectivity index is 2.97. The Morgan fingerprint density at radius 2 is 1.84 bits per heavy atom. The molecule has 0 bridgehead atoms. The molecule has 0 aromatic heterocycles. The first-order valence-corrected chi connectivity index (χ1v) is 8.02. The largest absolute Gasteiger partial charge is 0.372 e. The second kappa shape index (κ2) is 6.50. The van der Waals surface area contributed by atoms with Crippen molar-refractivity contribution in [3.05, 3.63) is 35.9 Å². The van der Waals surface area contributed by atoms with Gasteiger partial charge in [0.05, 0.1) is 5.25 Å². The summed E-state index contributed by atoms with van der Waals surface area (Å²) in [4.78, 5) is 0. The molecule has 0 aliphatic rings. The van der Waals surface area contributed by atoms with Gasteiger partial charge in [-0.3, -0.25) is 0 Å². The Morgan fingerprint density at radius 1 is 1.26 bits per heavy atom. The molecule has 0 aliphatic heterocycles. The van der Waals surface area contributed by atoms with E-state index in [2.05, 4.69) is 4.72 Å². The zero-order valence-corrected chi connectivity index (χ0v) is 12.8. The third-order valence-electron chi connectivity index (χ3n) is 3.44. The summed E-state index contributed by atoms with van der Waals surface area (Å²) in [6, 6.07) is 9.69. The first-order chi connectivity index (χ1) is 8.88. The van der Waals surface area contributed by atoms with Gasteiger partial charge in [0.25, 0.3) is 0 Å². The lowest BCUT2D eigenvalue weighted by molar-refractivity contribution is -0.0133. The number of methoxy groups -OCH3 is 1. The molecule has 0 heterocycles. The Kier molecular flexibility index (Phi) is 5.52. The molecule has 1 unspecified atom stereocenters. The number of hydrogen-bond donors (Lipinski definition) is 1. The normalized spacial score (nSPS) is 15.4. The molecular formula is C14H23NO3S. The standard InChI is InChI=1S/C14H23NO3S/c1-5-14(18-4,13-9-7-6-8-10-13)11-15-19(16,17)12(2)3/h6-10,12,15H,5,11H2,1-4H3. The molecule has 1 N–H and O–H groups in total. The van der Waals surface area contributed by atoms with Gasteiger partial charge >= 0.3 is 0 Å². The topological polar surface area (TPSA) is 55.4 Å². The summed E-state index contributed by atoms with van der Waals surface area (Å²) >= 11 is 0. The highest BCUT2D eigenvalue weighted by Gasteiger charge is 2.32. The van der Waals surface area contributed by atoms with Crippen molar-refractivity contribution in [1.82, 2.24) is 4.72 Å². The fourth-order valence-corrected chi connectivity index (χ4v) is 2.66. The molecule has 0 radical (unpaired) electrons. The Labute approximate surface area is 116 Å². The van der Waals surface area contributed by atoms with Gasteiger partial charge in [0, 0.05) is 13.7 Å². The number of nitrogens with one attached hydrogen (secondary N) is 1. The first-order valence-electron chi connectivity index (χ1n) is 6.47. The van der Waals surface area contributed by atoms with E-state index in [0.717, 1.165) is 5.56 Å². The molecule has 1 rings (SSSR count). The van der Waals surface area contributed by atoms with Crippen molar-refractivity contribution in [3.8, 4) is 0 Å². The van der Waals surface area contributed by atoms with Crippen LogP contribution in [0.2, 0.25) is 0 Å². The van der Waals surface area contributed by atoms with Crippen LogP contribution in [-0.4, -0.2) is 27.3 Å². The van der Waals surface area contributed by atoms with Gasteiger partial charge in [0.2, 0.25) is 10.0 Å². The van der Waals surface area contributed by atoms with Gasteiger partial charge in [-0.05, 0) is 25.8 Å². The number of benzene rings is 1. The maximum Gasteiger partial charge on any atom is 0.214 e. The van der Waals surface area contributed by atoms with E-state index in [1.165, 1.54) is 0 Å². The molecule has 0 spiro atoms. The Bertz CT molecular complexity index is 479. The van der Waals surface area contributed by atoms with E-state index in [-0.39, 0.29) is 6.54 Å². The van der Waals surface area contributed by atoms with Crippen molar-refractivity contribution in [2.45, 2.75) is 38.0 Å². The summed E-state index contributed by atoms with van der Waals surface area (Å²) in [7, 11) is -1.68. The van der Waals surface area contributed by atoms with E-state index < -0.39 is 20.9 Å². The van der Waals surface area contributed by atoms with Gasteiger partial charge in [-0.15, -0.1) is 0 Å². The zero-order chi connectivity index (χ0) is 14.5. The van der Waals surface area contributed by atoms with E-state index in [9.17, 15) is 8.42 Å². The van der Waals surface area contributed by atoms with Crippen molar-refractivity contribution in [2.24, 2.45) is 0 Å². The number of sulfonamides is 1. The van der Waals surface area contributed by atoms with Gasteiger partial charge in [0.1, 0.15) is 5.60 Å². The quantitative estimate of drug-likeness (QED) is 0.836. The smallest absolute Gasteiger partial charge is 0.214 e. The summed E-state index contributed by atoms with van der Waals surface area (Å²) in [6.45, 7) is 5.54. The molecule has 5 heteroatoms. The monoisotopic (exact) mass is 285 g/mol. The zero-order valence-electron chi connectivity index (χ0n) is 12.0. The number of rotatable bonds is 7. The molecule has 0 aliphatic carbocycles. The van der Waals surface area contributed by atoms with Crippen LogP contribution in [0.1, 0.15) is 32.8 Å². The van der Waals surface area contributed by atoms with Crippen LogP contribution in [0, 0.1) is 0 Å². The highest BCUT2D eigenvalue weighted by atomic mass is 32.2. The summed E-state index contributed by atoms with van der Waals surface area (Å²) in [5.41, 5.74) is 0.356. The summed E-state index contributed by atoms with van der Waals surface area (Å²) in [5.74, 6) is 0. The van der Waals surface area contributed by atoms with Crippen LogP contribution in [0.25, 0.3) is 0 Å². The van der Waals surface area contributed by atoms with Gasteiger partial charge in [-0.1, -0.05) is 37.3 Å². The van der Waals surface area contributed by atoms with Crippen LogP contribution >= 0.6 is 0 Å². The van der Waals surface area contributed by atoms with Crippen molar-refractivity contribution >= 4 is 10.0 Å². The first kappa shape index (κ1) is 16.1. The lowest BCUT2D eigenvalue weighted by atomic mass is 9.91. The molecule has 4 nitrogen and oxygen atoms in total. The van der Waals surface area contributed by atoms with Gasteiger partial charge in [-0.25, -0.2) is 13.1 Å². The lowest BCUT2D eigenvalue weighted by Crippen LogP contribution is -2.43. The summed E-state index contributed by atoms with van der Waals surface area (Å²) < 4.78 is 32.0. The van der Waals surface area contributed by atoms with Gasteiger partial charge in [0.15, 0.2) is 0 Å². The van der Waals surface area contributed by atoms with Crippen LogP contribution in [0.5, 0.6) is 0 Å². The molecule has 1 aromatic rings. The fourth-order valence-electron chi connectivity index (χ4n) is 1.89. The molecule has 0 amide bonds. The minimum Gasteiger partial charge on any atom is -0.372 e. The van der Waals surface area contributed by atoms with Crippen LogP contribution < -0.4 is 4.72 Å². The molecule has 0 fully saturated rings. The van der Waals surface area contributed by atoms with Crippen molar-refractivity contribution in [3.63, 3.8) is 0 Å². The SMILES string of the molecule is CCC(CNS(=O)(=O)C(C)C)(OC)c1ccccc1. The van der Waals surface area contributed by atoms with Crippen LogP contribution in [-0.2, 0) is 20.4 Å². The minimum absolute atomic E-state index is 0.241. The molecule has 0 saturated carbocycles. The maximum atomic E-state index is 11.9. The molecule has 19 heavy (non-hydrogen) atoms. The Hall–Kier alpha value is -0.910. The lowest BCUT2D eigenvalue weighted by Gasteiger charge is -2.32. The van der Waals surface area contributed by atoms with E-state index in [1.54, 1.807) is 21.0 Å². The molecule has 0 saturated heterocycles. The Morgan fingerprint density at radius 3 is 2.26 bits per heavy atom. The van der Waals surface area contributed by atoms with Gasteiger partial charge < -0.3 is 4.74 Å². The van der Waals surface area contributed by atoms with Crippen LogP contribution in [0.4, 0.5) is 0 Å². The highest BCUT2D eigenvalue weighted by molar-refractivity contribution is 7.90. The highest BCUT2D eigenvalue weighted by Crippen LogP contribution is 2.28. The second-order valence-electron chi connectivity index (χ2n) is 4.83.